The summed E-state index contributed by atoms with van der Waals surface area (Å²) in [5.41, 5.74) is 1.06. The third-order valence-electron chi connectivity index (χ3n) is 3.46. The molecule has 1 aliphatic heterocycles. The molecule has 0 bridgehead atoms. The standard InChI is InChI=1S/C15H14BrCl2NOS/c16-14-2-1-10(21-14)3-5-19-13-4-6-20-15-11(13)7-9(17)8-12(15)18/h1-2,7-8,13,19H,3-6H2. The second-order valence-electron chi connectivity index (χ2n) is 4.91. The molecule has 0 radical (unpaired) electrons. The molecule has 1 aromatic heterocycles. The molecule has 1 aliphatic rings. The Kier molecular flexibility index (Phi) is 5.12. The van der Waals surface area contributed by atoms with Crippen molar-refractivity contribution in [1.82, 2.24) is 5.32 Å². The van der Waals surface area contributed by atoms with Crippen LogP contribution in [0.3, 0.4) is 0 Å². The van der Waals surface area contributed by atoms with Gasteiger partial charge in [-0.25, -0.2) is 0 Å². The van der Waals surface area contributed by atoms with Crippen LogP contribution in [0.2, 0.25) is 10.0 Å². The molecular formula is C15H14BrCl2NOS. The summed E-state index contributed by atoms with van der Waals surface area (Å²) >= 11 is 17.6. The normalized spacial score (nSPS) is 17.4. The highest BCUT2D eigenvalue weighted by Crippen LogP contribution is 2.39. The van der Waals surface area contributed by atoms with Crippen LogP contribution < -0.4 is 10.1 Å². The Labute approximate surface area is 146 Å². The van der Waals surface area contributed by atoms with E-state index in [1.54, 1.807) is 17.4 Å². The maximum Gasteiger partial charge on any atom is 0.142 e. The van der Waals surface area contributed by atoms with Crippen LogP contribution in [0.15, 0.2) is 28.1 Å². The maximum atomic E-state index is 6.20. The van der Waals surface area contributed by atoms with Crippen molar-refractivity contribution in [2.45, 2.75) is 18.9 Å². The Morgan fingerprint density at radius 3 is 2.95 bits per heavy atom. The van der Waals surface area contributed by atoms with Crippen LogP contribution in [0, 0.1) is 0 Å². The van der Waals surface area contributed by atoms with Crippen LogP contribution >= 0.6 is 50.5 Å². The highest BCUT2D eigenvalue weighted by Gasteiger charge is 2.23. The number of fused-ring (bicyclic) bond motifs is 1. The van der Waals surface area contributed by atoms with E-state index in [1.165, 1.54) is 8.66 Å². The molecule has 1 unspecified atom stereocenters. The molecule has 0 fully saturated rings. The smallest absolute Gasteiger partial charge is 0.142 e. The molecule has 0 amide bonds. The lowest BCUT2D eigenvalue weighted by Gasteiger charge is -2.27. The topological polar surface area (TPSA) is 21.3 Å². The molecule has 1 aromatic carbocycles. The molecule has 2 heterocycles. The zero-order valence-electron chi connectivity index (χ0n) is 11.2. The molecule has 0 aliphatic carbocycles. The van der Waals surface area contributed by atoms with E-state index < -0.39 is 0 Å². The largest absolute Gasteiger partial charge is 0.492 e. The van der Waals surface area contributed by atoms with Gasteiger partial charge in [0.1, 0.15) is 5.75 Å². The van der Waals surface area contributed by atoms with Crippen LogP contribution in [0.4, 0.5) is 0 Å². The number of hydrogen-bond donors (Lipinski definition) is 1. The molecular weight excluding hydrogens is 393 g/mol. The number of ether oxygens (including phenoxy) is 1. The molecule has 1 atom stereocenters. The highest BCUT2D eigenvalue weighted by atomic mass is 79.9. The van der Waals surface area contributed by atoms with Gasteiger partial charge in [-0.05, 0) is 46.6 Å². The minimum atomic E-state index is 0.244. The third-order valence-corrected chi connectivity index (χ3v) is 5.64. The van der Waals surface area contributed by atoms with Crippen molar-refractivity contribution in [2.24, 2.45) is 0 Å². The summed E-state index contributed by atoms with van der Waals surface area (Å²) in [7, 11) is 0. The summed E-state index contributed by atoms with van der Waals surface area (Å²) < 4.78 is 6.85. The number of thiophene rings is 1. The lowest BCUT2D eigenvalue weighted by atomic mass is 10.0. The Hall–Kier alpha value is -0.260. The summed E-state index contributed by atoms with van der Waals surface area (Å²) in [5.74, 6) is 0.767. The van der Waals surface area contributed by atoms with Gasteiger partial charge in [-0.15, -0.1) is 11.3 Å². The van der Waals surface area contributed by atoms with E-state index in [4.69, 9.17) is 27.9 Å². The number of benzene rings is 1. The van der Waals surface area contributed by atoms with Gasteiger partial charge in [0, 0.05) is 34.5 Å². The van der Waals surface area contributed by atoms with Crippen LogP contribution in [-0.2, 0) is 6.42 Å². The minimum Gasteiger partial charge on any atom is -0.492 e. The lowest BCUT2D eigenvalue weighted by Crippen LogP contribution is -2.28. The van der Waals surface area contributed by atoms with E-state index in [2.05, 4.69) is 33.4 Å². The number of halogens is 3. The quantitative estimate of drug-likeness (QED) is 0.726. The molecule has 21 heavy (non-hydrogen) atoms. The van der Waals surface area contributed by atoms with Crippen LogP contribution in [0.25, 0.3) is 0 Å². The molecule has 6 heteroatoms. The molecule has 2 nitrogen and oxygen atoms in total. The fourth-order valence-corrected chi connectivity index (χ4v) is 4.54. The number of nitrogens with one attached hydrogen (secondary N) is 1. The van der Waals surface area contributed by atoms with E-state index in [9.17, 15) is 0 Å². The first-order valence-corrected chi connectivity index (χ1v) is 9.09. The van der Waals surface area contributed by atoms with Gasteiger partial charge in [0.25, 0.3) is 0 Å². The Balaban J connectivity index is 1.67. The van der Waals surface area contributed by atoms with Crippen LogP contribution in [0.1, 0.15) is 22.9 Å². The van der Waals surface area contributed by atoms with Gasteiger partial charge in [-0.3, -0.25) is 0 Å². The van der Waals surface area contributed by atoms with Gasteiger partial charge in [-0.1, -0.05) is 23.2 Å². The van der Waals surface area contributed by atoms with Crippen LogP contribution in [0.5, 0.6) is 5.75 Å². The van der Waals surface area contributed by atoms with Crippen molar-refractivity contribution < 1.29 is 4.74 Å². The van der Waals surface area contributed by atoms with Gasteiger partial charge < -0.3 is 10.1 Å². The average Bonchev–Trinajstić information content (AvgIpc) is 2.85. The van der Waals surface area contributed by atoms with Gasteiger partial charge >= 0.3 is 0 Å². The van der Waals surface area contributed by atoms with E-state index in [0.717, 1.165) is 30.7 Å². The Morgan fingerprint density at radius 1 is 1.33 bits per heavy atom. The Bertz CT molecular complexity index is 647. The predicted octanol–water partition coefficient (Wildman–Crippen LogP) is 5.47. The van der Waals surface area contributed by atoms with Crippen LogP contribution in [-0.4, -0.2) is 13.2 Å². The molecule has 3 rings (SSSR count). The first-order chi connectivity index (χ1) is 10.1. The monoisotopic (exact) mass is 405 g/mol. The second kappa shape index (κ2) is 6.88. The number of rotatable bonds is 4. The van der Waals surface area contributed by atoms with Crippen molar-refractivity contribution in [3.8, 4) is 5.75 Å². The SMILES string of the molecule is Clc1cc(Cl)c2c(c1)C(NCCc1ccc(Br)s1)CCO2. The zero-order chi connectivity index (χ0) is 14.8. The van der Waals surface area contributed by atoms with E-state index in [0.29, 0.717) is 16.7 Å². The van der Waals surface area contributed by atoms with Gasteiger partial charge in [0.2, 0.25) is 0 Å². The zero-order valence-corrected chi connectivity index (χ0v) is 15.1. The van der Waals surface area contributed by atoms with E-state index in [-0.39, 0.29) is 6.04 Å². The molecule has 0 saturated carbocycles. The molecule has 0 spiro atoms. The van der Waals surface area contributed by atoms with Gasteiger partial charge in [0.05, 0.1) is 15.4 Å². The van der Waals surface area contributed by atoms with Crippen molar-refractivity contribution in [3.05, 3.63) is 48.5 Å². The Morgan fingerprint density at radius 2 is 2.19 bits per heavy atom. The maximum absolute atomic E-state index is 6.20. The summed E-state index contributed by atoms with van der Waals surface area (Å²) in [6.07, 6.45) is 1.94. The first kappa shape index (κ1) is 15.6. The molecule has 0 saturated heterocycles. The number of hydrogen-bond acceptors (Lipinski definition) is 3. The summed E-state index contributed by atoms with van der Waals surface area (Å²) in [6, 6.07) is 8.16. The van der Waals surface area contributed by atoms with Crippen molar-refractivity contribution in [3.63, 3.8) is 0 Å². The first-order valence-electron chi connectivity index (χ1n) is 6.73. The molecule has 2 aromatic rings. The summed E-state index contributed by atoms with van der Waals surface area (Å²) in [4.78, 5) is 1.37. The van der Waals surface area contributed by atoms with Gasteiger partial charge in [-0.2, -0.15) is 0 Å². The van der Waals surface area contributed by atoms with E-state index in [1.807, 2.05) is 6.07 Å². The summed E-state index contributed by atoms with van der Waals surface area (Å²) in [5, 5.41) is 4.82. The fraction of sp³-hybridized carbons (Fsp3) is 0.333. The second-order valence-corrected chi connectivity index (χ2v) is 8.30. The third kappa shape index (κ3) is 3.74. The molecule has 112 valence electrons. The highest BCUT2D eigenvalue weighted by molar-refractivity contribution is 9.11. The molecule has 1 N–H and O–H groups in total. The average molecular weight is 407 g/mol. The minimum absolute atomic E-state index is 0.244. The fourth-order valence-electron chi connectivity index (χ4n) is 2.49. The van der Waals surface area contributed by atoms with Gasteiger partial charge in [0.15, 0.2) is 0 Å². The van der Waals surface area contributed by atoms with Crippen molar-refractivity contribution >= 4 is 50.5 Å². The summed E-state index contributed by atoms with van der Waals surface area (Å²) in [6.45, 7) is 1.60. The lowest BCUT2D eigenvalue weighted by molar-refractivity contribution is 0.253. The predicted molar refractivity (Wildman–Crippen MR) is 93.0 cm³/mol. The van der Waals surface area contributed by atoms with E-state index >= 15 is 0 Å². The van der Waals surface area contributed by atoms with Crippen molar-refractivity contribution in [1.29, 1.82) is 0 Å². The van der Waals surface area contributed by atoms with Crippen molar-refractivity contribution in [2.75, 3.05) is 13.2 Å².